The van der Waals surface area contributed by atoms with E-state index in [2.05, 4.69) is 9.71 Å². The summed E-state index contributed by atoms with van der Waals surface area (Å²) in [6.07, 6.45) is -1.13. The van der Waals surface area contributed by atoms with Gasteiger partial charge in [-0.05, 0) is 18.2 Å². The Kier molecular flexibility index (Phi) is 4.83. The second-order valence-corrected chi connectivity index (χ2v) is 9.00. The van der Waals surface area contributed by atoms with Gasteiger partial charge in [-0.3, -0.25) is 9.20 Å². The quantitative estimate of drug-likeness (QED) is 0.643. The van der Waals surface area contributed by atoms with Gasteiger partial charge in [-0.2, -0.15) is 13.2 Å². The summed E-state index contributed by atoms with van der Waals surface area (Å²) in [7, 11) is -3.44. The van der Waals surface area contributed by atoms with Gasteiger partial charge in [0.2, 0.25) is 10.0 Å². The van der Waals surface area contributed by atoms with Gasteiger partial charge in [0.15, 0.2) is 11.3 Å². The van der Waals surface area contributed by atoms with Crippen LogP contribution in [0.4, 0.5) is 13.2 Å². The fourth-order valence-electron chi connectivity index (χ4n) is 3.21. The molecule has 30 heavy (non-hydrogen) atoms. The van der Waals surface area contributed by atoms with Crippen LogP contribution in [-0.4, -0.2) is 54.0 Å². The smallest absolute Gasteiger partial charge is 0.420 e. The molecule has 4 rings (SSSR count). The Balaban J connectivity index is 1.72. The van der Waals surface area contributed by atoms with Crippen LogP contribution < -0.4 is 4.72 Å². The second kappa shape index (κ2) is 7.00. The summed E-state index contributed by atoms with van der Waals surface area (Å²) >= 11 is 6.22. The number of sulfonamides is 1. The van der Waals surface area contributed by atoms with Crippen LogP contribution in [0, 0.1) is 0 Å². The van der Waals surface area contributed by atoms with E-state index in [0.717, 1.165) is 16.7 Å². The molecule has 0 unspecified atom stereocenters. The molecule has 0 radical (unpaired) electrons. The summed E-state index contributed by atoms with van der Waals surface area (Å²) in [5.74, 6) is -0.500. The van der Waals surface area contributed by atoms with E-state index >= 15 is 0 Å². The average molecular weight is 463 g/mol. The van der Waals surface area contributed by atoms with Gasteiger partial charge in [0, 0.05) is 24.8 Å². The first-order valence-electron chi connectivity index (χ1n) is 8.53. The number of nitrogens with one attached hydrogen (secondary N) is 1. The average Bonchev–Trinajstić information content (AvgIpc) is 3.23. The highest BCUT2D eigenvalue weighted by molar-refractivity contribution is 7.88. The number of amides is 1. The molecule has 160 valence electrons. The van der Waals surface area contributed by atoms with Crippen LogP contribution in [0.25, 0.3) is 17.0 Å². The molecule has 0 atom stereocenters. The zero-order chi connectivity index (χ0) is 21.8. The Bertz CT molecular complexity index is 1230. The van der Waals surface area contributed by atoms with Crippen LogP contribution in [0.1, 0.15) is 16.1 Å². The lowest BCUT2D eigenvalue weighted by Crippen LogP contribution is -2.60. The molecule has 1 amide bonds. The van der Waals surface area contributed by atoms with Crippen molar-refractivity contribution in [3.63, 3.8) is 0 Å². The van der Waals surface area contributed by atoms with E-state index in [1.54, 1.807) is 0 Å². The standard InChI is InChI=1S/C17H14ClF3N4O4S/c1-30(27,28)23-10-7-24(8-10)16(26)13-14(18)25-6-9(12-3-2-4-29-12)5-11(15(25)22-13)17(19,20)21/h2-6,10,23H,7-8H2,1H3. The minimum atomic E-state index is -4.75. The molecular weight excluding hydrogens is 449 g/mol. The lowest BCUT2D eigenvalue weighted by Gasteiger charge is -2.38. The summed E-state index contributed by atoms with van der Waals surface area (Å²) in [6, 6.07) is 3.42. The van der Waals surface area contributed by atoms with Crippen molar-refractivity contribution in [3.8, 4) is 11.3 Å². The van der Waals surface area contributed by atoms with E-state index < -0.39 is 39.4 Å². The maximum Gasteiger partial charge on any atom is 0.420 e. The zero-order valence-corrected chi connectivity index (χ0v) is 16.8. The maximum absolute atomic E-state index is 13.6. The highest BCUT2D eigenvalue weighted by Crippen LogP contribution is 2.37. The van der Waals surface area contributed by atoms with Crippen molar-refractivity contribution >= 4 is 33.2 Å². The largest absolute Gasteiger partial charge is 0.464 e. The van der Waals surface area contributed by atoms with Gasteiger partial charge in [-0.25, -0.2) is 18.1 Å². The summed E-state index contributed by atoms with van der Waals surface area (Å²) < 4.78 is 71.9. The molecule has 1 N–H and O–H groups in total. The lowest BCUT2D eigenvalue weighted by atomic mass is 10.1. The molecule has 0 spiro atoms. The Morgan fingerprint density at radius 1 is 1.37 bits per heavy atom. The minimum Gasteiger partial charge on any atom is -0.464 e. The van der Waals surface area contributed by atoms with Crippen molar-refractivity contribution < 1.29 is 30.8 Å². The first-order chi connectivity index (χ1) is 13.9. The molecule has 4 heterocycles. The Morgan fingerprint density at radius 2 is 2.07 bits per heavy atom. The van der Waals surface area contributed by atoms with Gasteiger partial charge in [-0.1, -0.05) is 11.6 Å². The number of pyridine rings is 1. The molecule has 0 bridgehead atoms. The van der Waals surface area contributed by atoms with Crippen LogP contribution in [0.15, 0.2) is 35.1 Å². The summed E-state index contributed by atoms with van der Waals surface area (Å²) in [6.45, 7) is 0.111. The van der Waals surface area contributed by atoms with Crippen molar-refractivity contribution in [3.05, 3.63) is 47.1 Å². The number of rotatable bonds is 4. The van der Waals surface area contributed by atoms with Crippen LogP contribution in [0.5, 0.6) is 0 Å². The number of nitrogens with zero attached hydrogens (tertiary/aromatic N) is 3. The molecule has 1 fully saturated rings. The van der Waals surface area contributed by atoms with Gasteiger partial charge < -0.3 is 9.32 Å². The molecule has 0 aliphatic carbocycles. The number of aromatic nitrogens is 2. The Hall–Kier alpha value is -2.57. The topological polar surface area (TPSA) is 96.9 Å². The van der Waals surface area contributed by atoms with E-state index in [0.29, 0.717) is 0 Å². The molecule has 0 aromatic carbocycles. The molecule has 13 heteroatoms. The van der Waals surface area contributed by atoms with Crippen LogP contribution in [-0.2, 0) is 16.2 Å². The normalized spacial score (nSPS) is 15.6. The van der Waals surface area contributed by atoms with Crippen molar-refractivity contribution in [1.82, 2.24) is 19.0 Å². The number of halogens is 4. The number of imidazole rings is 1. The predicted molar refractivity (Wildman–Crippen MR) is 101 cm³/mol. The number of furan rings is 1. The number of fused-ring (bicyclic) bond motifs is 1. The third-order valence-corrected chi connectivity index (χ3v) is 5.65. The molecule has 0 saturated carbocycles. The van der Waals surface area contributed by atoms with E-state index in [9.17, 15) is 26.4 Å². The van der Waals surface area contributed by atoms with Crippen molar-refractivity contribution in [2.24, 2.45) is 0 Å². The van der Waals surface area contributed by atoms with Gasteiger partial charge >= 0.3 is 6.18 Å². The molecule has 8 nitrogen and oxygen atoms in total. The van der Waals surface area contributed by atoms with Gasteiger partial charge in [-0.15, -0.1) is 0 Å². The van der Waals surface area contributed by atoms with Crippen molar-refractivity contribution in [2.45, 2.75) is 12.2 Å². The monoisotopic (exact) mass is 462 g/mol. The first-order valence-corrected chi connectivity index (χ1v) is 10.8. The summed E-state index contributed by atoms with van der Waals surface area (Å²) in [5.41, 5.74) is -1.83. The summed E-state index contributed by atoms with van der Waals surface area (Å²) in [4.78, 5) is 17.8. The summed E-state index contributed by atoms with van der Waals surface area (Å²) in [5, 5.41) is -0.284. The van der Waals surface area contributed by atoms with Gasteiger partial charge in [0.1, 0.15) is 10.9 Å². The highest BCUT2D eigenvalue weighted by atomic mass is 35.5. The lowest BCUT2D eigenvalue weighted by molar-refractivity contribution is -0.136. The molecule has 1 aliphatic rings. The third kappa shape index (κ3) is 3.77. The van der Waals surface area contributed by atoms with E-state index in [1.807, 2.05) is 0 Å². The van der Waals surface area contributed by atoms with Crippen LogP contribution in [0.2, 0.25) is 5.15 Å². The Labute approximate surface area is 173 Å². The van der Waals surface area contributed by atoms with Crippen molar-refractivity contribution in [2.75, 3.05) is 19.3 Å². The van der Waals surface area contributed by atoms with Gasteiger partial charge in [0.05, 0.1) is 24.1 Å². The second-order valence-electron chi connectivity index (χ2n) is 6.86. The van der Waals surface area contributed by atoms with Gasteiger partial charge in [0.25, 0.3) is 5.91 Å². The molecule has 1 aliphatic heterocycles. The SMILES string of the molecule is CS(=O)(=O)NC1CN(C(=O)c2nc3c(C(F)(F)F)cc(-c4ccco4)cn3c2Cl)C1. The number of hydrogen-bond acceptors (Lipinski definition) is 5. The van der Waals surface area contributed by atoms with Crippen LogP contribution in [0.3, 0.4) is 0 Å². The van der Waals surface area contributed by atoms with E-state index in [4.69, 9.17) is 16.0 Å². The number of carbonyl (C=O) groups excluding carboxylic acids is 1. The number of carbonyl (C=O) groups is 1. The van der Waals surface area contributed by atoms with Crippen molar-refractivity contribution in [1.29, 1.82) is 0 Å². The first kappa shape index (κ1) is 20.7. The number of alkyl halides is 3. The molecular formula is C17H14ClF3N4O4S. The van der Waals surface area contributed by atoms with E-state index in [-0.39, 0.29) is 35.3 Å². The molecule has 3 aromatic rings. The van der Waals surface area contributed by atoms with Crippen LogP contribution >= 0.6 is 11.6 Å². The predicted octanol–water partition coefficient (Wildman–Crippen LogP) is 2.64. The Morgan fingerprint density at radius 3 is 2.63 bits per heavy atom. The zero-order valence-electron chi connectivity index (χ0n) is 15.3. The number of hydrogen-bond donors (Lipinski definition) is 1. The minimum absolute atomic E-state index is 0.0554. The fourth-order valence-corrected chi connectivity index (χ4v) is 4.22. The number of likely N-dealkylation sites (tertiary alicyclic amines) is 1. The molecule has 3 aromatic heterocycles. The third-order valence-electron chi connectivity index (χ3n) is 4.52. The highest BCUT2D eigenvalue weighted by Gasteiger charge is 2.38. The molecule has 1 saturated heterocycles. The fraction of sp³-hybridized carbons (Fsp3) is 0.294. The van der Waals surface area contributed by atoms with E-state index in [1.165, 1.54) is 29.5 Å². The maximum atomic E-state index is 13.6.